The first kappa shape index (κ1) is 13.3. The monoisotopic (exact) mass is 319 g/mol. The van der Waals surface area contributed by atoms with Crippen LogP contribution >= 0.6 is 27.5 Å². The second-order valence-electron chi connectivity index (χ2n) is 4.70. The lowest BCUT2D eigenvalue weighted by Gasteiger charge is -2.21. The smallest absolute Gasteiger partial charge is 0.146 e. The van der Waals surface area contributed by atoms with Crippen LogP contribution in [0.3, 0.4) is 0 Å². The molecule has 1 saturated carbocycles. The number of hydrogen-bond donors (Lipinski definition) is 1. The van der Waals surface area contributed by atoms with Gasteiger partial charge in [-0.3, -0.25) is 0 Å². The highest BCUT2D eigenvalue weighted by molar-refractivity contribution is 9.10. The minimum Gasteiger partial charge on any atom is -0.317 e. The van der Waals surface area contributed by atoms with Crippen molar-refractivity contribution in [2.45, 2.75) is 31.7 Å². The fourth-order valence-electron chi connectivity index (χ4n) is 2.84. The molecule has 0 heterocycles. The molecule has 0 spiro atoms. The van der Waals surface area contributed by atoms with Crippen molar-refractivity contribution in [3.8, 4) is 0 Å². The molecular weight excluding hydrogens is 305 g/mol. The van der Waals surface area contributed by atoms with Crippen LogP contribution < -0.4 is 5.32 Å². The standard InChI is InChI=1S/C13H16BrClFN/c1-7-8(4-6-11(7)17-2)9-3-5-10(14)12(15)13(9)16/h3,5,7-8,11,17H,4,6H2,1-2H3. The van der Waals surface area contributed by atoms with Gasteiger partial charge < -0.3 is 5.32 Å². The molecular formula is C13H16BrClFN. The summed E-state index contributed by atoms with van der Waals surface area (Å²) in [6.07, 6.45) is 2.11. The molecule has 3 unspecified atom stereocenters. The van der Waals surface area contributed by atoms with Crippen molar-refractivity contribution in [1.82, 2.24) is 5.32 Å². The van der Waals surface area contributed by atoms with Gasteiger partial charge in [0.15, 0.2) is 0 Å². The highest BCUT2D eigenvalue weighted by Crippen LogP contribution is 2.42. The van der Waals surface area contributed by atoms with E-state index in [9.17, 15) is 4.39 Å². The van der Waals surface area contributed by atoms with Gasteiger partial charge in [0.05, 0.1) is 5.02 Å². The summed E-state index contributed by atoms with van der Waals surface area (Å²) in [5, 5.41) is 3.49. The Morgan fingerprint density at radius 3 is 2.71 bits per heavy atom. The number of nitrogens with one attached hydrogen (secondary N) is 1. The molecule has 0 radical (unpaired) electrons. The zero-order chi connectivity index (χ0) is 12.6. The van der Waals surface area contributed by atoms with Crippen LogP contribution in [0.4, 0.5) is 4.39 Å². The molecule has 0 amide bonds. The first-order chi connectivity index (χ1) is 8.06. The summed E-state index contributed by atoms with van der Waals surface area (Å²) >= 11 is 9.19. The summed E-state index contributed by atoms with van der Waals surface area (Å²) in [4.78, 5) is 0. The molecule has 94 valence electrons. The largest absolute Gasteiger partial charge is 0.317 e. The molecule has 1 aromatic rings. The Balaban J connectivity index is 2.33. The second-order valence-corrected chi connectivity index (χ2v) is 5.94. The molecule has 17 heavy (non-hydrogen) atoms. The van der Waals surface area contributed by atoms with Gasteiger partial charge in [0, 0.05) is 10.5 Å². The minimum absolute atomic E-state index is 0.197. The van der Waals surface area contributed by atoms with Gasteiger partial charge in [-0.25, -0.2) is 4.39 Å². The molecule has 1 nitrogen and oxygen atoms in total. The van der Waals surface area contributed by atoms with Gasteiger partial charge in [0.2, 0.25) is 0 Å². The third-order valence-corrected chi connectivity index (χ3v) is 5.15. The third-order valence-electron chi connectivity index (χ3n) is 3.89. The molecule has 0 aliphatic heterocycles. The van der Waals surface area contributed by atoms with E-state index in [0.29, 0.717) is 16.4 Å². The average molecular weight is 321 g/mol. The summed E-state index contributed by atoms with van der Waals surface area (Å²) in [7, 11) is 1.97. The third kappa shape index (κ3) is 2.38. The van der Waals surface area contributed by atoms with Crippen molar-refractivity contribution < 1.29 is 4.39 Å². The van der Waals surface area contributed by atoms with Crippen LogP contribution in [0.2, 0.25) is 5.02 Å². The maximum Gasteiger partial charge on any atom is 0.146 e. The normalized spacial score (nSPS) is 28.6. The fourth-order valence-corrected chi connectivity index (χ4v) is 3.32. The van der Waals surface area contributed by atoms with Gasteiger partial charge in [0.1, 0.15) is 5.82 Å². The maximum absolute atomic E-state index is 14.1. The Kier molecular flexibility index (Phi) is 4.11. The molecule has 0 bridgehead atoms. The van der Waals surface area contributed by atoms with Crippen LogP contribution in [0, 0.1) is 11.7 Å². The van der Waals surface area contributed by atoms with Gasteiger partial charge in [0.25, 0.3) is 0 Å². The first-order valence-corrected chi connectivity index (χ1v) is 7.04. The molecule has 3 atom stereocenters. The van der Waals surface area contributed by atoms with Crippen molar-refractivity contribution in [3.63, 3.8) is 0 Å². The van der Waals surface area contributed by atoms with Crippen LogP contribution in [0.5, 0.6) is 0 Å². The van der Waals surface area contributed by atoms with E-state index < -0.39 is 0 Å². The van der Waals surface area contributed by atoms with Crippen LogP contribution in [-0.2, 0) is 0 Å². The number of halogens is 3. The second kappa shape index (κ2) is 5.25. The van der Waals surface area contributed by atoms with Crippen LogP contribution in [-0.4, -0.2) is 13.1 Å². The fraction of sp³-hybridized carbons (Fsp3) is 0.538. The molecule has 1 N–H and O–H groups in total. The van der Waals surface area contributed by atoms with Gasteiger partial charge in [-0.1, -0.05) is 24.6 Å². The van der Waals surface area contributed by atoms with Gasteiger partial charge in [-0.05, 0) is 59.3 Å². The Morgan fingerprint density at radius 2 is 2.12 bits per heavy atom. The molecule has 1 fully saturated rings. The Morgan fingerprint density at radius 1 is 1.41 bits per heavy atom. The zero-order valence-electron chi connectivity index (χ0n) is 9.93. The summed E-state index contributed by atoms with van der Waals surface area (Å²) in [6, 6.07) is 4.16. The quantitative estimate of drug-likeness (QED) is 0.799. The molecule has 1 aliphatic carbocycles. The van der Waals surface area contributed by atoms with Crippen LogP contribution in [0.15, 0.2) is 16.6 Å². The topological polar surface area (TPSA) is 12.0 Å². The Hall–Kier alpha value is -0.120. The molecule has 1 aromatic carbocycles. The molecule has 2 rings (SSSR count). The van der Waals surface area contributed by atoms with Crippen molar-refractivity contribution in [2.75, 3.05) is 7.05 Å². The summed E-state index contributed by atoms with van der Waals surface area (Å²) in [5.41, 5.74) is 0.753. The molecule has 0 saturated heterocycles. The van der Waals surface area contributed by atoms with E-state index in [1.54, 1.807) is 0 Å². The Labute approximate surface area is 115 Å². The van der Waals surface area contributed by atoms with E-state index >= 15 is 0 Å². The van der Waals surface area contributed by atoms with E-state index in [2.05, 4.69) is 28.2 Å². The highest BCUT2D eigenvalue weighted by atomic mass is 79.9. The van der Waals surface area contributed by atoms with Gasteiger partial charge >= 0.3 is 0 Å². The van der Waals surface area contributed by atoms with Crippen LogP contribution in [0.25, 0.3) is 0 Å². The number of benzene rings is 1. The molecule has 4 heteroatoms. The lowest BCUT2D eigenvalue weighted by Crippen LogP contribution is -2.29. The molecule has 0 aromatic heterocycles. The van der Waals surface area contributed by atoms with Crippen molar-refractivity contribution >= 4 is 27.5 Å². The minimum atomic E-state index is -0.269. The lowest BCUT2D eigenvalue weighted by molar-refractivity contribution is 0.420. The summed E-state index contributed by atoms with van der Waals surface area (Å²) < 4.78 is 14.8. The van der Waals surface area contributed by atoms with Crippen LogP contribution in [0.1, 0.15) is 31.2 Å². The first-order valence-electron chi connectivity index (χ1n) is 5.87. The Bertz CT molecular complexity index is 424. The number of rotatable bonds is 2. The van der Waals surface area contributed by atoms with Gasteiger partial charge in [-0.2, -0.15) is 0 Å². The van der Waals surface area contributed by atoms with E-state index in [1.807, 2.05) is 19.2 Å². The van der Waals surface area contributed by atoms with E-state index in [-0.39, 0.29) is 16.8 Å². The van der Waals surface area contributed by atoms with E-state index in [4.69, 9.17) is 11.6 Å². The van der Waals surface area contributed by atoms with E-state index in [0.717, 1.165) is 18.4 Å². The van der Waals surface area contributed by atoms with Crippen molar-refractivity contribution in [2.24, 2.45) is 5.92 Å². The maximum atomic E-state index is 14.1. The summed E-state index contributed by atoms with van der Waals surface area (Å²) in [6.45, 7) is 2.17. The zero-order valence-corrected chi connectivity index (χ0v) is 12.3. The molecule has 1 aliphatic rings. The van der Waals surface area contributed by atoms with Crippen molar-refractivity contribution in [3.05, 3.63) is 33.0 Å². The lowest BCUT2D eigenvalue weighted by atomic mass is 9.88. The van der Waals surface area contributed by atoms with E-state index in [1.165, 1.54) is 0 Å². The van der Waals surface area contributed by atoms with Crippen molar-refractivity contribution in [1.29, 1.82) is 0 Å². The summed E-state index contributed by atoms with van der Waals surface area (Å²) in [5.74, 6) is 0.430. The van der Waals surface area contributed by atoms with Gasteiger partial charge in [-0.15, -0.1) is 0 Å². The highest BCUT2D eigenvalue weighted by Gasteiger charge is 2.34. The predicted octanol–water partition coefficient (Wildman–Crippen LogP) is 4.34. The SMILES string of the molecule is CNC1CCC(c2ccc(Br)c(Cl)c2F)C1C. The predicted molar refractivity (Wildman–Crippen MR) is 73.1 cm³/mol. The number of hydrogen-bond acceptors (Lipinski definition) is 1. The average Bonchev–Trinajstić information content (AvgIpc) is 2.68.